The Balaban J connectivity index is 0.00000274. The first kappa shape index (κ1) is 24.8. The summed E-state index contributed by atoms with van der Waals surface area (Å²) in [4.78, 5) is 20.0. The molecular weight excluding hydrogens is 448 g/mol. The minimum atomic E-state index is -0.0467. The van der Waals surface area contributed by atoms with Crippen LogP contribution in [0.5, 0.6) is 0 Å². The number of piperidine rings is 1. The highest BCUT2D eigenvalue weighted by atomic mass is 35.5. The summed E-state index contributed by atoms with van der Waals surface area (Å²) in [7, 11) is 0. The SMILES string of the molecule is CCN1CCN(CCC(=O)OC2CC3CCC(C2)N3c2ccc(C#N)c3ccccc23)CC1.Cl. The van der Waals surface area contributed by atoms with Gasteiger partial charge in [-0.2, -0.15) is 5.26 Å². The van der Waals surface area contributed by atoms with Crippen LogP contribution in [0.3, 0.4) is 0 Å². The molecule has 3 saturated heterocycles. The van der Waals surface area contributed by atoms with E-state index in [1.54, 1.807) is 0 Å². The smallest absolute Gasteiger partial charge is 0.307 e. The Morgan fingerprint density at radius 2 is 1.65 bits per heavy atom. The number of ether oxygens (including phenoxy) is 1. The number of carbonyl (C=O) groups excluding carboxylic acids is 1. The van der Waals surface area contributed by atoms with Crippen molar-refractivity contribution in [1.82, 2.24) is 9.80 Å². The molecule has 7 heteroatoms. The summed E-state index contributed by atoms with van der Waals surface area (Å²) in [5.41, 5.74) is 1.94. The second-order valence-electron chi connectivity index (χ2n) is 9.69. The minimum Gasteiger partial charge on any atom is -0.462 e. The number of esters is 1. The molecule has 0 saturated carbocycles. The number of nitrogens with zero attached hydrogens (tertiary/aromatic N) is 4. The minimum absolute atomic E-state index is 0. The quantitative estimate of drug-likeness (QED) is 0.575. The molecule has 3 aliphatic rings. The fraction of sp³-hybridized carbons (Fsp3) is 0.556. The Morgan fingerprint density at radius 3 is 2.29 bits per heavy atom. The molecule has 182 valence electrons. The predicted octanol–water partition coefficient (Wildman–Crippen LogP) is 4.20. The van der Waals surface area contributed by atoms with Crippen LogP contribution in [0.15, 0.2) is 36.4 Å². The second kappa shape index (κ2) is 10.9. The first-order valence-electron chi connectivity index (χ1n) is 12.5. The summed E-state index contributed by atoms with van der Waals surface area (Å²) in [5.74, 6) is -0.0467. The first-order valence-corrected chi connectivity index (χ1v) is 12.5. The molecule has 2 aromatic rings. The fourth-order valence-corrected chi connectivity index (χ4v) is 6.05. The molecule has 0 N–H and O–H groups in total. The maximum atomic E-state index is 12.6. The monoisotopic (exact) mass is 482 g/mol. The normalized spacial score (nSPS) is 25.1. The number of anilines is 1. The summed E-state index contributed by atoms with van der Waals surface area (Å²) < 4.78 is 5.97. The molecule has 2 unspecified atom stereocenters. The lowest BCUT2D eigenvalue weighted by atomic mass is 9.96. The number of likely N-dealkylation sites (N-methyl/N-ethyl adjacent to an activating group) is 1. The van der Waals surface area contributed by atoms with Crippen molar-refractivity contribution in [2.24, 2.45) is 0 Å². The Hall–Kier alpha value is -2.33. The van der Waals surface area contributed by atoms with E-state index in [0.29, 0.717) is 18.5 Å². The van der Waals surface area contributed by atoms with E-state index in [1.165, 1.54) is 5.69 Å². The van der Waals surface area contributed by atoms with Crippen molar-refractivity contribution in [3.05, 3.63) is 42.0 Å². The topological polar surface area (TPSA) is 59.8 Å². The van der Waals surface area contributed by atoms with Crippen molar-refractivity contribution >= 4 is 34.8 Å². The third-order valence-corrected chi connectivity index (χ3v) is 7.83. The van der Waals surface area contributed by atoms with Crippen molar-refractivity contribution in [1.29, 1.82) is 5.26 Å². The number of nitriles is 1. The van der Waals surface area contributed by atoms with Gasteiger partial charge in [-0.25, -0.2) is 0 Å². The molecule has 2 atom stereocenters. The van der Waals surface area contributed by atoms with Crippen LogP contribution in [0, 0.1) is 11.3 Å². The average Bonchev–Trinajstić information content (AvgIpc) is 3.11. The van der Waals surface area contributed by atoms with E-state index in [0.717, 1.165) is 81.3 Å². The molecule has 0 aliphatic carbocycles. The summed E-state index contributed by atoms with van der Waals surface area (Å²) >= 11 is 0. The van der Waals surface area contributed by atoms with Gasteiger partial charge in [0.05, 0.1) is 18.1 Å². The summed E-state index contributed by atoms with van der Waals surface area (Å²) in [6.45, 7) is 8.39. The van der Waals surface area contributed by atoms with Gasteiger partial charge >= 0.3 is 5.97 Å². The molecule has 3 aliphatic heterocycles. The molecule has 0 spiro atoms. The van der Waals surface area contributed by atoms with E-state index in [4.69, 9.17) is 4.74 Å². The molecule has 0 aromatic heterocycles. The number of carbonyl (C=O) groups is 1. The van der Waals surface area contributed by atoms with Crippen LogP contribution in [0.2, 0.25) is 0 Å². The highest BCUT2D eigenvalue weighted by molar-refractivity contribution is 5.98. The third kappa shape index (κ3) is 5.02. The molecular formula is C27H35ClN4O2. The lowest BCUT2D eigenvalue weighted by Crippen LogP contribution is -2.47. The van der Waals surface area contributed by atoms with Crippen LogP contribution in [0.1, 0.15) is 44.6 Å². The number of fused-ring (bicyclic) bond motifs is 3. The van der Waals surface area contributed by atoms with E-state index in [2.05, 4.69) is 39.8 Å². The maximum Gasteiger partial charge on any atom is 0.307 e. The molecule has 6 nitrogen and oxygen atoms in total. The van der Waals surface area contributed by atoms with E-state index in [-0.39, 0.29) is 24.5 Å². The molecule has 3 fully saturated rings. The number of hydrogen-bond donors (Lipinski definition) is 0. The van der Waals surface area contributed by atoms with Gasteiger partial charge in [-0.05, 0) is 31.5 Å². The standard InChI is InChI=1S/C27H34N4O2.ClH/c1-2-29-13-15-30(16-14-29)12-11-27(32)33-23-17-21-8-9-22(18-23)31(21)26-10-7-20(19-28)24-5-3-4-6-25(24)26;/h3-7,10,21-23H,2,8-9,11-18H2,1H3;1H. The number of benzene rings is 2. The maximum absolute atomic E-state index is 12.6. The largest absolute Gasteiger partial charge is 0.462 e. The van der Waals surface area contributed by atoms with Crippen molar-refractivity contribution in [2.45, 2.75) is 57.2 Å². The molecule has 0 radical (unpaired) electrons. The van der Waals surface area contributed by atoms with E-state index < -0.39 is 0 Å². The molecule has 2 bridgehead atoms. The van der Waals surface area contributed by atoms with Crippen LogP contribution in [0.4, 0.5) is 5.69 Å². The fourth-order valence-electron chi connectivity index (χ4n) is 6.05. The Bertz CT molecular complexity index is 1030. The van der Waals surface area contributed by atoms with Gasteiger partial charge in [0.15, 0.2) is 0 Å². The van der Waals surface area contributed by atoms with E-state index in [9.17, 15) is 10.1 Å². The van der Waals surface area contributed by atoms with Crippen LogP contribution in [-0.4, -0.2) is 73.2 Å². The Kier molecular flexibility index (Phi) is 7.98. The number of rotatable bonds is 6. The average molecular weight is 483 g/mol. The molecule has 3 heterocycles. The van der Waals surface area contributed by atoms with Gasteiger partial charge in [-0.1, -0.05) is 31.2 Å². The zero-order valence-corrected chi connectivity index (χ0v) is 20.8. The summed E-state index contributed by atoms with van der Waals surface area (Å²) in [6, 6.07) is 15.4. The van der Waals surface area contributed by atoms with Crippen LogP contribution >= 0.6 is 12.4 Å². The zero-order chi connectivity index (χ0) is 22.8. The molecule has 2 aromatic carbocycles. The van der Waals surface area contributed by atoms with Gasteiger partial charge in [0.2, 0.25) is 0 Å². The highest BCUT2D eigenvalue weighted by Crippen LogP contribution is 2.43. The van der Waals surface area contributed by atoms with Crippen molar-refractivity contribution in [3.8, 4) is 6.07 Å². The van der Waals surface area contributed by atoms with Crippen molar-refractivity contribution < 1.29 is 9.53 Å². The number of halogens is 1. The van der Waals surface area contributed by atoms with Crippen LogP contribution in [-0.2, 0) is 9.53 Å². The molecule has 5 rings (SSSR count). The molecule has 34 heavy (non-hydrogen) atoms. The van der Waals surface area contributed by atoms with E-state index in [1.807, 2.05) is 24.3 Å². The lowest BCUT2D eigenvalue weighted by molar-refractivity contribution is -0.151. The predicted molar refractivity (Wildman–Crippen MR) is 137 cm³/mol. The third-order valence-electron chi connectivity index (χ3n) is 7.83. The summed E-state index contributed by atoms with van der Waals surface area (Å²) in [5, 5.41) is 11.7. The van der Waals surface area contributed by atoms with Gasteiger partial charge < -0.3 is 19.4 Å². The number of piperazine rings is 1. The first-order chi connectivity index (χ1) is 16.2. The van der Waals surface area contributed by atoms with Crippen LogP contribution < -0.4 is 4.90 Å². The number of hydrogen-bond acceptors (Lipinski definition) is 6. The Labute approximate surface area is 208 Å². The van der Waals surface area contributed by atoms with Gasteiger partial charge in [-0.15, -0.1) is 12.4 Å². The lowest BCUT2D eigenvalue weighted by Gasteiger charge is -2.41. The second-order valence-corrected chi connectivity index (χ2v) is 9.69. The van der Waals surface area contributed by atoms with Gasteiger partial charge in [0.25, 0.3) is 0 Å². The highest BCUT2D eigenvalue weighted by Gasteiger charge is 2.42. The zero-order valence-electron chi connectivity index (χ0n) is 20.0. The molecule has 0 amide bonds. The van der Waals surface area contributed by atoms with Crippen molar-refractivity contribution in [2.75, 3.05) is 44.2 Å². The van der Waals surface area contributed by atoms with Gasteiger partial charge in [0, 0.05) is 74.1 Å². The summed E-state index contributed by atoms with van der Waals surface area (Å²) in [6.07, 6.45) is 4.57. The van der Waals surface area contributed by atoms with E-state index >= 15 is 0 Å². The van der Waals surface area contributed by atoms with Gasteiger partial charge in [-0.3, -0.25) is 4.79 Å². The van der Waals surface area contributed by atoms with Gasteiger partial charge in [0.1, 0.15) is 6.10 Å². The Morgan fingerprint density at radius 1 is 1.00 bits per heavy atom. The van der Waals surface area contributed by atoms with Crippen molar-refractivity contribution in [3.63, 3.8) is 0 Å². The van der Waals surface area contributed by atoms with Crippen LogP contribution in [0.25, 0.3) is 10.8 Å².